The van der Waals surface area contributed by atoms with Gasteiger partial charge in [0.15, 0.2) is 0 Å². The van der Waals surface area contributed by atoms with Crippen LogP contribution >= 0.6 is 11.9 Å². The number of hydrogen-bond donors (Lipinski definition) is 0. The molecule has 28 heavy (non-hydrogen) atoms. The molecule has 2 heterocycles. The highest BCUT2D eigenvalue weighted by Crippen LogP contribution is 2.28. The fraction of sp³-hybridized carbons (Fsp3) is 0.708. The van der Waals surface area contributed by atoms with Crippen LogP contribution in [0.4, 0.5) is 0 Å². The van der Waals surface area contributed by atoms with Gasteiger partial charge in [-0.15, -0.1) is 0 Å². The Balaban J connectivity index is 0.00000190. The van der Waals surface area contributed by atoms with Gasteiger partial charge in [0.1, 0.15) is 0 Å². The standard InChI is InChI=1S/C22H37N3S.C2H6/c1-6-19-17-23-13-9-21(19)22(7-2)26-25-15-11-20(12-16-25)24(8-3)14-10-18(4)5;1-2/h6,9,13,17-18,20H,7-8,10-12,14-16H2,1-5H3;1-2H3/b19-6-,22-21+;. The second-order valence-corrected chi connectivity index (χ2v) is 8.78. The van der Waals surface area contributed by atoms with Crippen LogP contribution in [-0.2, 0) is 0 Å². The van der Waals surface area contributed by atoms with Gasteiger partial charge in [0.25, 0.3) is 0 Å². The third kappa shape index (κ3) is 7.88. The molecule has 0 amide bonds. The molecule has 0 spiro atoms. The Morgan fingerprint density at radius 3 is 2.50 bits per heavy atom. The van der Waals surface area contributed by atoms with Crippen molar-refractivity contribution in [1.29, 1.82) is 0 Å². The summed E-state index contributed by atoms with van der Waals surface area (Å²) in [5.74, 6) is 0.798. The molecule has 1 aromatic rings. The summed E-state index contributed by atoms with van der Waals surface area (Å²) >= 11 is 1.97. The SMILES string of the molecule is C/C=c1/cncc/c1=C(/CC)SN1CCC(N(CC)CCC(C)C)CC1.CC. The highest BCUT2D eigenvalue weighted by molar-refractivity contribution is 8.05. The smallest absolute Gasteiger partial charge is 0.0343 e. The molecule has 1 aromatic heterocycles. The summed E-state index contributed by atoms with van der Waals surface area (Å²) in [6.07, 6.45) is 11.0. The Hall–Kier alpha value is -0.840. The van der Waals surface area contributed by atoms with Crippen LogP contribution in [-0.4, -0.2) is 46.4 Å². The molecule has 0 N–H and O–H groups in total. The average Bonchev–Trinajstić information content (AvgIpc) is 2.74. The van der Waals surface area contributed by atoms with Gasteiger partial charge in [0.2, 0.25) is 0 Å². The van der Waals surface area contributed by atoms with Crippen molar-refractivity contribution >= 4 is 22.9 Å². The number of aromatic nitrogens is 1. The first-order chi connectivity index (χ1) is 13.6. The van der Waals surface area contributed by atoms with Crippen molar-refractivity contribution < 1.29 is 0 Å². The van der Waals surface area contributed by atoms with E-state index in [4.69, 9.17) is 0 Å². The minimum Gasteiger partial charge on any atom is -0.301 e. The maximum Gasteiger partial charge on any atom is 0.0343 e. The van der Waals surface area contributed by atoms with Crippen molar-refractivity contribution in [2.24, 2.45) is 5.92 Å². The molecule has 0 aliphatic carbocycles. The van der Waals surface area contributed by atoms with E-state index in [1.165, 1.54) is 60.8 Å². The second-order valence-electron chi connectivity index (χ2n) is 7.59. The third-order valence-electron chi connectivity index (χ3n) is 5.36. The predicted molar refractivity (Wildman–Crippen MR) is 128 cm³/mol. The summed E-state index contributed by atoms with van der Waals surface area (Å²) < 4.78 is 2.57. The van der Waals surface area contributed by atoms with E-state index in [-0.39, 0.29) is 0 Å². The van der Waals surface area contributed by atoms with E-state index in [2.05, 4.69) is 61.0 Å². The molecule has 1 saturated heterocycles. The first-order valence-corrected chi connectivity index (χ1v) is 12.1. The summed E-state index contributed by atoms with van der Waals surface area (Å²) in [5, 5.41) is 2.60. The summed E-state index contributed by atoms with van der Waals surface area (Å²) in [6.45, 7) is 20.2. The van der Waals surface area contributed by atoms with Crippen molar-refractivity contribution in [1.82, 2.24) is 14.2 Å². The quantitative estimate of drug-likeness (QED) is 0.572. The van der Waals surface area contributed by atoms with Gasteiger partial charge in [-0.1, -0.05) is 47.6 Å². The molecule has 0 saturated carbocycles. The molecule has 1 aliphatic heterocycles. The van der Waals surface area contributed by atoms with Crippen LogP contribution < -0.4 is 10.4 Å². The molecule has 1 fully saturated rings. The maximum absolute atomic E-state index is 4.28. The van der Waals surface area contributed by atoms with Gasteiger partial charge in [-0.25, -0.2) is 4.31 Å². The van der Waals surface area contributed by atoms with Gasteiger partial charge in [0.05, 0.1) is 0 Å². The molecule has 160 valence electrons. The highest BCUT2D eigenvalue weighted by atomic mass is 32.2. The van der Waals surface area contributed by atoms with Crippen molar-refractivity contribution in [2.45, 2.75) is 80.2 Å². The Labute approximate surface area is 178 Å². The minimum absolute atomic E-state index is 0.765. The molecule has 1 aliphatic rings. The fourth-order valence-electron chi connectivity index (χ4n) is 3.67. The van der Waals surface area contributed by atoms with E-state index in [0.717, 1.165) is 18.4 Å². The van der Waals surface area contributed by atoms with Crippen molar-refractivity contribution in [3.05, 3.63) is 28.9 Å². The van der Waals surface area contributed by atoms with Crippen LogP contribution in [0.3, 0.4) is 0 Å². The molecule has 0 aromatic carbocycles. The van der Waals surface area contributed by atoms with Crippen molar-refractivity contribution in [3.8, 4) is 0 Å². The topological polar surface area (TPSA) is 19.4 Å². The molecule has 0 bridgehead atoms. The molecule has 0 atom stereocenters. The van der Waals surface area contributed by atoms with E-state index in [0.29, 0.717) is 0 Å². The zero-order chi connectivity index (χ0) is 20.9. The van der Waals surface area contributed by atoms with Gasteiger partial charge in [0, 0.05) is 36.4 Å². The number of pyridine rings is 1. The zero-order valence-corrected chi connectivity index (χ0v) is 20.2. The second kappa shape index (κ2) is 14.2. The minimum atomic E-state index is 0.765. The summed E-state index contributed by atoms with van der Waals surface area (Å²) in [4.78, 5) is 8.45. The fourth-order valence-corrected chi connectivity index (χ4v) is 4.79. The predicted octanol–water partition coefficient (Wildman–Crippen LogP) is 4.91. The molecule has 2 rings (SSSR count). The first kappa shape index (κ1) is 25.2. The average molecular weight is 406 g/mol. The molecular weight excluding hydrogens is 362 g/mol. The van der Waals surface area contributed by atoms with E-state index in [9.17, 15) is 0 Å². The van der Waals surface area contributed by atoms with Crippen LogP contribution in [0.15, 0.2) is 18.5 Å². The number of hydrogen-bond acceptors (Lipinski definition) is 4. The lowest BCUT2D eigenvalue weighted by Gasteiger charge is -2.38. The summed E-state index contributed by atoms with van der Waals surface area (Å²) in [6, 6.07) is 2.93. The van der Waals surface area contributed by atoms with E-state index in [1.54, 1.807) is 0 Å². The summed E-state index contributed by atoms with van der Waals surface area (Å²) in [7, 11) is 0. The lowest BCUT2D eigenvalue weighted by atomic mass is 10.0. The van der Waals surface area contributed by atoms with Gasteiger partial charge >= 0.3 is 0 Å². The first-order valence-electron chi connectivity index (χ1n) is 11.4. The Morgan fingerprint density at radius 1 is 1.29 bits per heavy atom. The zero-order valence-electron chi connectivity index (χ0n) is 19.4. The lowest BCUT2D eigenvalue weighted by molar-refractivity contribution is 0.143. The molecule has 0 radical (unpaired) electrons. The van der Waals surface area contributed by atoms with E-state index < -0.39 is 0 Å². The van der Waals surface area contributed by atoms with Crippen LogP contribution in [0.1, 0.15) is 74.1 Å². The van der Waals surface area contributed by atoms with Crippen LogP contribution in [0.5, 0.6) is 0 Å². The molecule has 4 heteroatoms. The molecule has 3 nitrogen and oxygen atoms in total. The van der Waals surface area contributed by atoms with Crippen LogP contribution in [0, 0.1) is 5.92 Å². The highest BCUT2D eigenvalue weighted by Gasteiger charge is 2.24. The van der Waals surface area contributed by atoms with Crippen molar-refractivity contribution in [2.75, 3.05) is 26.2 Å². The summed E-state index contributed by atoms with van der Waals surface area (Å²) in [5.41, 5.74) is 0. The third-order valence-corrected chi connectivity index (χ3v) is 6.72. The molecule has 0 unspecified atom stereocenters. The Kier molecular flexibility index (Phi) is 12.8. The lowest BCUT2D eigenvalue weighted by Crippen LogP contribution is -2.43. The van der Waals surface area contributed by atoms with Gasteiger partial charge in [-0.2, -0.15) is 0 Å². The van der Waals surface area contributed by atoms with E-state index >= 15 is 0 Å². The Bertz CT molecular complexity index is 648. The van der Waals surface area contributed by atoms with Crippen molar-refractivity contribution in [3.63, 3.8) is 0 Å². The van der Waals surface area contributed by atoms with E-state index in [1.807, 2.05) is 38.2 Å². The monoisotopic (exact) mass is 405 g/mol. The largest absolute Gasteiger partial charge is 0.301 e. The Morgan fingerprint density at radius 2 is 1.96 bits per heavy atom. The number of nitrogens with zero attached hydrogens (tertiary/aromatic N) is 3. The number of piperidine rings is 1. The van der Waals surface area contributed by atoms with Crippen LogP contribution in [0.2, 0.25) is 0 Å². The van der Waals surface area contributed by atoms with Crippen LogP contribution in [0.25, 0.3) is 11.0 Å². The normalized spacial score (nSPS) is 17.7. The van der Waals surface area contributed by atoms with Gasteiger partial charge in [-0.3, -0.25) is 4.98 Å². The van der Waals surface area contributed by atoms with Gasteiger partial charge < -0.3 is 4.90 Å². The number of rotatable bonds is 8. The molecular formula is C24H43N3S. The van der Waals surface area contributed by atoms with Gasteiger partial charge in [-0.05, 0) is 80.1 Å². The maximum atomic E-state index is 4.28.